The zero-order chi connectivity index (χ0) is 10.8. The van der Waals surface area contributed by atoms with Crippen molar-refractivity contribution < 1.29 is 4.42 Å². The second-order valence-corrected chi connectivity index (χ2v) is 4.55. The minimum atomic E-state index is 0.860. The molecule has 1 saturated heterocycles. The van der Waals surface area contributed by atoms with Gasteiger partial charge in [-0.25, -0.2) is 0 Å². The van der Waals surface area contributed by atoms with E-state index in [9.17, 15) is 0 Å². The van der Waals surface area contributed by atoms with Gasteiger partial charge in [-0.15, -0.1) is 5.10 Å². The Bertz CT molecular complexity index is 446. The molecule has 0 saturated carbocycles. The van der Waals surface area contributed by atoms with Crippen LogP contribution in [0.2, 0.25) is 0 Å². The molecule has 0 bridgehead atoms. The normalized spacial score (nSPS) is 16.6. The molecule has 1 aliphatic rings. The molecule has 1 radical (unpaired) electrons. The fourth-order valence-corrected chi connectivity index (χ4v) is 2.53. The van der Waals surface area contributed by atoms with Crippen LogP contribution < -0.4 is 4.90 Å². The molecule has 0 unspecified atom stereocenters. The molecule has 0 N–H and O–H groups in total. The number of rotatable bonds is 2. The van der Waals surface area contributed by atoms with E-state index in [-0.39, 0.29) is 0 Å². The Morgan fingerprint density at radius 3 is 2.94 bits per heavy atom. The van der Waals surface area contributed by atoms with Crippen LogP contribution >= 0.6 is 11.5 Å². The number of hydrogen-bond donors (Lipinski definition) is 0. The minimum Gasteiger partial charge on any atom is -0.458 e. The highest BCUT2D eigenvalue weighted by atomic mass is 32.1. The van der Waals surface area contributed by atoms with Gasteiger partial charge in [0.15, 0.2) is 6.26 Å². The second-order valence-electron chi connectivity index (χ2n) is 3.94. The summed E-state index contributed by atoms with van der Waals surface area (Å²) in [5.41, 5.74) is 2.90. The molecule has 0 atom stereocenters. The molecule has 0 spiro atoms. The van der Waals surface area contributed by atoms with Gasteiger partial charge in [0.25, 0.3) is 0 Å². The quantitative estimate of drug-likeness (QED) is 0.801. The fraction of sp³-hybridized carbons (Fsp3) is 0.455. The van der Waals surface area contributed by atoms with Crippen LogP contribution in [-0.4, -0.2) is 22.7 Å². The molecule has 0 aromatic carbocycles. The van der Waals surface area contributed by atoms with Gasteiger partial charge < -0.3 is 9.32 Å². The average molecular weight is 234 g/mol. The molecule has 4 nitrogen and oxygen atoms in total. The predicted molar refractivity (Wildman–Crippen MR) is 62.5 cm³/mol. The number of furan rings is 1. The van der Waals surface area contributed by atoms with E-state index in [1.165, 1.54) is 30.8 Å². The van der Waals surface area contributed by atoms with Gasteiger partial charge in [0.2, 0.25) is 0 Å². The molecular formula is C11H12N3OS. The summed E-state index contributed by atoms with van der Waals surface area (Å²) >= 11 is 1.35. The molecule has 16 heavy (non-hydrogen) atoms. The standard InChI is InChI=1S/C11H12N3OS/c1-2-4-14(5-3-1)11-7-15-6-9(11)10-8-16-13-12-10/h7-8H,1-5H2. The van der Waals surface area contributed by atoms with Crippen molar-refractivity contribution in [1.29, 1.82) is 0 Å². The molecule has 0 aliphatic carbocycles. The van der Waals surface area contributed by atoms with Gasteiger partial charge in [-0.05, 0) is 30.8 Å². The van der Waals surface area contributed by atoms with Crippen molar-refractivity contribution in [3.05, 3.63) is 17.9 Å². The van der Waals surface area contributed by atoms with Crippen LogP contribution in [0.5, 0.6) is 0 Å². The molecular weight excluding hydrogens is 222 g/mol. The van der Waals surface area contributed by atoms with Crippen LogP contribution in [0.15, 0.2) is 16.1 Å². The summed E-state index contributed by atoms with van der Waals surface area (Å²) in [4.78, 5) is 2.35. The number of nitrogens with zero attached hydrogens (tertiary/aromatic N) is 3. The molecule has 1 aliphatic heterocycles. The maximum atomic E-state index is 5.19. The van der Waals surface area contributed by atoms with Crippen molar-refractivity contribution in [3.63, 3.8) is 0 Å². The lowest BCUT2D eigenvalue weighted by atomic mass is 10.1. The van der Waals surface area contributed by atoms with E-state index in [4.69, 9.17) is 4.42 Å². The van der Waals surface area contributed by atoms with Crippen LogP contribution in [0.3, 0.4) is 0 Å². The van der Waals surface area contributed by atoms with Crippen LogP contribution in [0.25, 0.3) is 11.3 Å². The molecule has 3 rings (SSSR count). The zero-order valence-electron chi connectivity index (χ0n) is 8.85. The summed E-state index contributed by atoms with van der Waals surface area (Å²) in [6.45, 7) is 2.19. The summed E-state index contributed by atoms with van der Waals surface area (Å²) < 4.78 is 9.07. The van der Waals surface area contributed by atoms with Crippen LogP contribution in [0, 0.1) is 6.26 Å². The van der Waals surface area contributed by atoms with Crippen LogP contribution in [-0.2, 0) is 0 Å². The Hall–Kier alpha value is -1.36. The summed E-state index contributed by atoms with van der Waals surface area (Å²) in [5.74, 6) is 0. The van der Waals surface area contributed by atoms with Crippen molar-refractivity contribution in [3.8, 4) is 11.3 Å². The first-order valence-corrected chi connectivity index (χ1v) is 6.30. The van der Waals surface area contributed by atoms with E-state index < -0.39 is 0 Å². The minimum absolute atomic E-state index is 0.860. The van der Waals surface area contributed by atoms with Crippen molar-refractivity contribution in [2.24, 2.45) is 0 Å². The van der Waals surface area contributed by atoms with Crippen molar-refractivity contribution >= 4 is 17.2 Å². The molecule has 2 aromatic rings. The van der Waals surface area contributed by atoms with Gasteiger partial charge >= 0.3 is 0 Å². The van der Waals surface area contributed by atoms with E-state index in [0.717, 1.165) is 30.0 Å². The van der Waals surface area contributed by atoms with Crippen molar-refractivity contribution in [2.45, 2.75) is 19.3 Å². The molecule has 5 heteroatoms. The largest absolute Gasteiger partial charge is 0.458 e. The fourth-order valence-electron chi connectivity index (χ4n) is 2.08. The number of piperidine rings is 1. The Kier molecular flexibility index (Phi) is 2.61. The molecule has 1 fully saturated rings. The van der Waals surface area contributed by atoms with Crippen LogP contribution in [0.1, 0.15) is 19.3 Å². The lowest BCUT2D eigenvalue weighted by molar-refractivity contribution is 0.548. The van der Waals surface area contributed by atoms with Gasteiger partial charge in [0.05, 0.1) is 11.3 Å². The monoisotopic (exact) mass is 234 g/mol. The first-order valence-electron chi connectivity index (χ1n) is 5.47. The molecule has 3 heterocycles. The number of hydrogen-bond acceptors (Lipinski definition) is 5. The highest BCUT2D eigenvalue weighted by molar-refractivity contribution is 7.03. The lowest BCUT2D eigenvalue weighted by Crippen LogP contribution is -2.29. The lowest BCUT2D eigenvalue weighted by Gasteiger charge is -2.27. The van der Waals surface area contributed by atoms with Gasteiger partial charge in [-0.1, -0.05) is 4.49 Å². The molecule has 2 aromatic heterocycles. The van der Waals surface area contributed by atoms with E-state index in [1.807, 2.05) is 5.38 Å². The van der Waals surface area contributed by atoms with Gasteiger partial charge in [0, 0.05) is 18.5 Å². The Labute approximate surface area is 98.1 Å². The smallest absolute Gasteiger partial charge is 0.181 e. The van der Waals surface area contributed by atoms with Crippen molar-refractivity contribution in [1.82, 2.24) is 9.59 Å². The third kappa shape index (κ3) is 1.71. The number of anilines is 1. The summed E-state index contributed by atoms with van der Waals surface area (Å²) in [6, 6.07) is 0. The van der Waals surface area contributed by atoms with Gasteiger partial charge in [0.1, 0.15) is 12.0 Å². The summed E-state index contributed by atoms with van der Waals surface area (Å²) in [6.07, 6.45) is 8.48. The van der Waals surface area contributed by atoms with Crippen molar-refractivity contribution in [2.75, 3.05) is 18.0 Å². The van der Waals surface area contributed by atoms with Gasteiger partial charge in [-0.2, -0.15) is 0 Å². The average Bonchev–Trinajstić information content (AvgIpc) is 3.01. The SMILES string of the molecule is [c]1occ(N2CCCCC2)c1-c1csnn1. The Balaban J connectivity index is 1.92. The third-order valence-corrected chi connectivity index (χ3v) is 3.41. The second kappa shape index (κ2) is 4.25. The molecule has 0 amide bonds. The first-order chi connectivity index (χ1) is 7.95. The van der Waals surface area contributed by atoms with E-state index in [1.54, 1.807) is 6.26 Å². The van der Waals surface area contributed by atoms with E-state index >= 15 is 0 Å². The van der Waals surface area contributed by atoms with Gasteiger partial charge in [-0.3, -0.25) is 0 Å². The maximum absolute atomic E-state index is 5.19. The number of aromatic nitrogens is 2. The third-order valence-electron chi connectivity index (χ3n) is 2.90. The summed E-state index contributed by atoms with van der Waals surface area (Å²) in [7, 11) is 0. The first kappa shape index (κ1) is 9.84. The summed E-state index contributed by atoms with van der Waals surface area (Å²) in [5, 5.41) is 5.99. The van der Waals surface area contributed by atoms with E-state index in [0.29, 0.717) is 0 Å². The zero-order valence-corrected chi connectivity index (χ0v) is 9.66. The van der Waals surface area contributed by atoms with E-state index in [2.05, 4.69) is 20.7 Å². The highest BCUT2D eigenvalue weighted by Crippen LogP contribution is 2.32. The molecule has 83 valence electrons. The Morgan fingerprint density at radius 1 is 1.31 bits per heavy atom. The predicted octanol–water partition coefficient (Wildman–Crippen LogP) is 2.59. The van der Waals surface area contributed by atoms with Crippen LogP contribution in [0.4, 0.5) is 5.69 Å². The Morgan fingerprint density at radius 2 is 2.19 bits per heavy atom. The highest BCUT2D eigenvalue weighted by Gasteiger charge is 2.18. The topological polar surface area (TPSA) is 42.2 Å². The maximum Gasteiger partial charge on any atom is 0.181 e.